The Kier molecular flexibility index (Phi) is 10.8. The van der Waals surface area contributed by atoms with Crippen LogP contribution < -0.4 is 4.74 Å². The molecule has 0 aliphatic rings. The topological polar surface area (TPSA) is 148 Å². The molecule has 28 heavy (non-hydrogen) atoms. The zero-order chi connectivity index (χ0) is 22.0. The van der Waals surface area contributed by atoms with Gasteiger partial charge in [-0.15, -0.1) is 0 Å². The SMILES string of the molecule is CCN(C)C(=O)Oc1cccc([C@H](C)N(C)C)c1.O=C(O)[C@@H](O)[C@H](O)C(=O)O. The number of carboxylic acid groups (broad SMARTS) is 2. The van der Waals surface area contributed by atoms with Gasteiger partial charge in [-0.2, -0.15) is 0 Å². The highest BCUT2D eigenvalue weighted by Gasteiger charge is 2.29. The van der Waals surface area contributed by atoms with Gasteiger partial charge in [0.05, 0.1) is 0 Å². The molecule has 3 atom stereocenters. The Morgan fingerprint density at radius 2 is 1.54 bits per heavy atom. The third kappa shape index (κ3) is 8.33. The molecule has 1 aromatic carbocycles. The van der Waals surface area contributed by atoms with Crippen molar-refractivity contribution in [2.24, 2.45) is 0 Å². The Hall–Kier alpha value is -2.69. The Balaban J connectivity index is 0.000000621. The van der Waals surface area contributed by atoms with Crippen molar-refractivity contribution in [2.75, 3.05) is 27.7 Å². The molecule has 1 aromatic rings. The molecule has 0 unspecified atom stereocenters. The maximum atomic E-state index is 11.7. The second-order valence-electron chi connectivity index (χ2n) is 6.16. The number of aliphatic hydroxyl groups is 2. The Morgan fingerprint density at radius 3 is 1.93 bits per heavy atom. The predicted molar refractivity (Wildman–Crippen MR) is 100 cm³/mol. The molecule has 0 saturated heterocycles. The van der Waals surface area contributed by atoms with Gasteiger partial charge in [-0.3, -0.25) is 0 Å². The Bertz CT molecular complexity index is 647. The molecule has 10 heteroatoms. The van der Waals surface area contributed by atoms with Gasteiger partial charge in [-0.25, -0.2) is 14.4 Å². The van der Waals surface area contributed by atoms with Crippen LogP contribution in [-0.2, 0) is 9.59 Å². The molecule has 10 nitrogen and oxygen atoms in total. The summed E-state index contributed by atoms with van der Waals surface area (Å²) < 4.78 is 5.31. The molecule has 0 aliphatic carbocycles. The summed E-state index contributed by atoms with van der Waals surface area (Å²) in [4.78, 5) is 34.8. The van der Waals surface area contributed by atoms with Crippen molar-refractivity contribution in [2.45, 2.75) is 32.1 Å². The Morgan fingerprint density at radius 1 is 1.04 bits per heavy atom. The van der Waals surface area contributed by atoms with Gasteiger partial charge in [0.25, 0.3) is 0 Å². The van der Waals surface area contributed by atoms with E-state index in [1.165, 1.54) is 4.90 Å². The normalized spacial score (nSPS) is 13.6. The number of aliphatic carboxylic acids is 2. The standard InChI is InChI=1S/C14H22N2O2.C4H6O6/c1-6-16(5)14(17)18-13-9-7-8-12(10-13)11(2)15(3)4;5-1(3(7)8)2(6)4(9)10/h7-11H,6H2,1-5H3;1-2,5-6H,(H,7,8)(H,9,10)/t11-;1-,2-/m00/s1. The highest BCUT2D eigenvalue weighted by molar-refractivity contribution is 5.83. The number of carbonyl (C=O) groups excluding carboxylic acids is 1. The van der Waals surface area contributed by atoms with Gasteiger partial charge in [0.2, 0.25) is 0 Å². The first-order chi connectivity index (χ1) is 12.9. The minimum atomic E-state index is -2.27. The maximum Gasteiger partial charge on any atom is 0.414 e. The van der Waals surface area contributed by atoms with E-state index in [2.05, 4.69) is 11.8 Å². The van der Waals surface area contributed by atoms with Crippen LogP contribution in [0.1, 0.15) is 25.5 Å². The summed E-state index contributed by atoms with van der Waals surface area (Å²) in [6.45, 7) is 4.65. The summed E-state index contributed by atoms with van der Waals surface area (Å²) in [5, 5.41) is 32.5. The van der Waals surface area contributed by atoms with E-state index in [1.807, 2.05) is 39.2 Å². The lowest BCUT2D eigenvalue weighted by molar-refractivity contribution is -0.165. The lowest BCUT2D eigenvalue weighted by atomic mass is 10.1. The third-order valence-electron chi connectivity index (χ3n) is 3.91. The Labute approximate surface area is 163 Å². The molecule has 0 bridgehead atoms. The fourth-order valence-corrected chi connectivity index (χ4v) is 1.71. The highest BCUT2D eigenvalue weighted by Crippen LogP contribution is 2.22. The van der Waals surface area contributed by atoms with E-state index in [9.17, 15) is 14.4 Å². The van der Waals surface area contributed by atoms with Crippen LogP contribution in [-0.4, -0.2) is 88.2 Å². The lowest BCUT2D eigenvalue weighted by Gasteiger charge is -2.21. The zero-order valence-electron chi connectivity index (χ0n) is 16.6. The number of aliphatic hydroxyl groups excluding tert-OH is 2. The van der Waals surface area contributed by atoms with Gasteiger partial charge in [0, 0.05) is 19.6 Å². The van der Waals surface area contributed by atoms with Gasteiger partial charge in [0.15, 0.2) is 12.2 Å². The van der Waals surface area contributed by atoms with Crippen LogP contribution in [0.5, 0.6) is 5.75 Å². The molecule has 1 amide bonds. The van der Waals surface area contributed by atoms with Gasteiger partial charge in [0.1, 0.15) is 5.75 Å². The second-order valence-corrected chi connectivity index (χ2v) is 6.16. The van der Waals surface area contributed by atoms with E-state index in [1.54, 1.807) is 13.1 Å². The van der Waals surface area contributed by atoms with Crippen LogP contribution >= 0.6 is 0 Å². The number of carboxylic acids is 2. The van der Waals surface area contributed by atoms with Gasteiger partial charge in [-0.1, -0.05) is 12.1 Å². The summed E-state index contributed by atoms with van der Waals surface area (Å²) in [5.41, 5.74) is 1.13. The smallest absolute Gasteiger partial charge is 0.414 e. The molecule has 1 rings (SSSR count). The molecule has 0 spiro atoms. The average molecular weight is 400 g/mol. The summed E-state index contributed by atoms with van der Waals surface area (Å²) in [7, 11) is 5.76. The highest BCUT2D eigenvalue weighted by atomic mass is 16.6. The molecule has 0 heterocycles. The van der Waals surface area contributed by atoms with Crippen molar-refractivity contribution in [1.29, 1.82) is 0 Å². The molecule has 0 radical (unpaired) electrons. The number of hydrogen-bond donors (Lipinski definition) is 4. The average Bonchev–Trinajstić information content (AvgIpc) is 2.65. The molecular weight excluding hydrogens is 372 g/mol. The number of rotatable bonds is 7. The van der Waals surface area contributed by atoms with Crippen molar-refractivity contribution in [3.63, 3.8) is 0 Å². The van der Waals surface area contributed by atoms with Crippen molar-refractivity contribution < 1.29 is 39.5 Å². The quantitative estimate of drug-likeness (QED) is 0.517. The van der Waals surface area contributed by atoms with Crippen molar-refractivity contribution in [1.82, 2.24) is 9.80 Å². The van der Waals surface area contributed by atoms with Gasteiger partial charge < -0.3 is 35.0 Å². The van der Waals surface area contributed by atoms with E-state index in [0.717, 1.165) is 5.56 Å². The van der Waals surface area contributed by atoms with Crippen LogP contribution in [0.3, 0.4) is 0 Å². The third-order valence-corrected chi connectivity index (χ3v) is 3.91. The molecule has 4 N–H and O–H groups in total. The summed E-state index contributed by atoms with van der Waals surface area (Å²) in [6, 6.07) is 7.93. The number of benzene rings is 1. The van der Waals surface area contributed by atoms with Crippen LogP contribution in [0, 0.1) is 0 Å². The number of amides is 1. The minimum Gasteiger partial charge on any atom is -0.479 e. The predicted octanol–water partition coefficient (Wildman–Crippen LogP) is 0.637. The second kappa shape index (κ2) is 11.9. The van der Waals surface area contributed by atoms with E-state index in [0.29, 0.717) is 12.3 Å². The summed E-state index contributed by atoms with van der Waals surface area (Å²) in [6.07, 6.45) is -4.86. The first kappa shape index (κ1) is 25.3. The first-order valence-corrected chi connectivity index (χ1v) is 8.43. The molecular formula is C18H28N2O8. The fraction of sp³-hybridized carbons (Fsp3) is 0.500. The van der Waals surface area contributed by atoms with Gasteiger partial charge in [-0.05, 0) is 45.6 Å². The van der Waals surface area contributed by atoms with Crippen LogP contribution in [0.4, 0.5) is 4.79 Å². The van der Waals surface area contributed by atoms with Crippen molar-refractivity contribution >= 4 is 18.0 Å². The largest absolute Gasteiger partial charge is 0.479 e. The molecule has 0 aliphatic heterocycles. The monoisotopic (exact) mass is 400 g/mol. The number of nitrogens with zero attached hydrogens (tertiary/aromatic N) is 2. The van der Waals surface area contributed by atoms with E-state index in [4.69, 9.17) is 25.2 Å². The van der Waals surface area contributed by atoms with E-state index < -0.39 is 24.1 Å². The number of hydrogen-bond acceptors (Lipinski definition) is 7. The molecule has 0 fully saturated rings. The van der Waals surface area contributed by atoms with Crippen molar-refractivity contribution in [3.05, 3.63) is 29.8 Å². The van der Waals surface area contributed by atoms with Crippen molar-refractivity contribution in [3.8, 4) is 5.75 Å². The van der Waals surface area contributed by atoms with E-state index >= 15 is 0 Å². The zero-order valence-corrected chi connectivity index (χ0v) is 16.6. The van der Waals surface area contributed by atoms with Gasteiger partial charge >= 0.3 is 18.0 Å². The summed E-state index contributed by atoms with van der Waals surface area (Å²) in [5.74, 6) is -2.95. The van der Waals surface area contributed by atoms with Crippen LogP contribution in [0.25, 0.3) is 0 Å². The first-order valence-electron chi connectivity index (χ1n) is 8.43. The molecule has 158 valence electrons. The number of ether oxygens (including phenoxy) is 1. The summed E-state index contributed by atoms with van der Waals surface area (Å²) >= 11 is 0. The maximum absolute atomic E-state index is 11.7. The van der Waals surface area contributed by atoms with E-state index in [-0.39, 0.29) is 12.1 Å². The molecule has 0 aromatic heterocycles. The lowest BCUT2D eigenvalue weighted by Crippen LogP contribution is -2.39. The van der Waals surface area contributed by atoms with Crippen LogP contribution in [0.15, 0.2) is 24.3 Å². The number of carbonyl (C=O) groups is 3. The minimum absolute atomic E-state index is 0.285. The van der Waals surface area contributed by atoms with Crippen LogP contribution in [0.2, 0.25) is 0 Å². The molecule has 0 saturated carbocycles. The fourth-order valence-electron chi connectivity index (χ4n) is 1.71.